The molecule has 1 saturated heterocycles. The van der Waals surface area contributed by atoms with Crippen molar-refractivity contribution in [2.45, 2.75) is 31.5 Å². The fraction of sp³-hybridized carbons (Fsp3) is 0.545. The molecule has 0 radical (unpaired) electrons. The van der Waals surface area contributed by atoms with Crippen molar-refractivity contribution >= 4 is 17.3 Å². The number of carboxylic acids is 1. The second-order valence-corrected chi connectivity index (χ2v) is 4.86. The van der Waals surface area contributed by atoms with Crippen molar-refractivity contribution in [3.05, 3.63) is 22.4 Å². The van der Waals surface area contributed by atoms with E-state index in [1.165, 1.54) is 0 Å². The van der Waals surface area contributed by atoms with E-state index in [0.717, 1.165) is 17.7 Å². The SMILES string of the molecule is O=C(O)C(NCc1cccs1)C1CCCO1. The lowest BCUT2D eigenvalue weighted by Gasteiger charge is -2.19. The second kappa shape index (κ2) is 5.43. The van der Waals surface area contributed by atoms with E-state index in [0.29, 0.717) is 13.2 Å². The van der Waals surface area contributed by atoms with Gasteiger partial charge in [-0.05, 0) is 24.3 Å². The number of hydrogen-bond acceptors (Lipinski definition) is 4. The Bertz CT molecular complexity index is 333. The molecule has 1 aliphatic heterocycles. The van der Waals surface area contributed by atoms with Gasteiger partial charge in [0.15, 0.2) is 0 Å². The van der Waals surface area contributed by atoms with Gasteiger partial charge in [-0.2, -0.15) is 0 Å². The molecular weight excluding hydrogens is 226 g/mol. The van der Waals surface area contributed by atoms with E-state index in [2.05, 4.69) is 5.32 Å². The highest BCUT2D eigenvalue weighted by molar-refractivity contribution is 7.09. The third kappa shape index (κ3) is 2.81. The van der Waals surface area contributed by atoms with Gasteiger partial charge in [0.1, 0.15) is 6.04 Å². The van der Waals surface area contributed by atoms with Crippen molar-refractivity contribution < 1.29 is 14.6 Å². The fourth-order valence-corrected chi connectivity index (χ4v) is 2.52. The predicted octanol–water partition coefficient (Wildman–Crippen LogP) is 1.47. The highest BCUT2D eigenvalue weighted by Gasteiger charge is 2.31. The van der Waals surface area contributed by atoms with Crippen LogP contribution >= 0.6 is 11.3 Å². The Balaban J connectivity index is 1.90. The van der Waals surface area contributed by atoms with E-state index in [-0.39, 0.29) is 6.10 Å². The largest absolute Gasteiger partial charge is 0.480 e. The average Bonchev–Trinajstić information content (AvgIpc) is 2.88. The molecule has 2 heterocycles. The lowest BCUT2D eigenvalue weighted by Crippen LogP contribution is -2.45. The van der Waals surface area contributed by atoms with Crippen LogP contribution in [0.5, 0.6) is 0 Å². The molecule has 4 nitrogen and oxygen atoms in total. The van der Waals surface area contributed by atoms with E-state index < -0.39 is 12.0 Å². The van der Waals surface area contributed by atoms with Crippen molar-refractivity contribution in [3.8, 4) is 0 Å². The summed E-state index contributed by atoms with van der Waals surface area (Å²) >= 11 is 1.62. The molecular formula is C11H15NO3S. The van der Waals surface area contributed by atoms with Crippen LogP contribution in [0, 0.1) is 0 Å². The Morgan fingerprint density at radius 2 is 2.62 bits per heavy atom. The lowest BCUT2D eigenvalue weighted by atomic mass is 10.1. The molecule has 0 amide bonds. The van der Waals surface area contributed by atoms with Gasteiger partial charge >= 0.3 is 5.97 Å². The zero-order valence-corrected chi connectivity index (χ0v) is 9.70. The quantitative estimate of drug-likeness (QED) is 0.819. The van der Waals surface area contributed by atoms with E-state index in [4.69, 9.17) is 9.84 Å². The van der Waals surface area contributed by atoms with Crippen molar-refractivity contribution in [1.29, 1.82) is 0 Å². The third-order valence-electron chi connectivity index (χ3n) is 2.68. The highest BCUT2D eigenvalue weighted by atomic mass is 32.1. The van der Waals surface area contributed by atoms with Crippen molar-refractivity contribution in [2.75, 3.05) is 6.61 Å². The van der Waals surface area contributed by atoms with E-state index in [1.807, 2.05) is 17.5 Å². The van der Waals surface area contributed by atoms with Crippen molar-refractivity contribution in [2.24, 2.45) is 0 Å². The number of thiophene rings is 1. The summed E-state index contributed by atoms with van der Waals surface area (Å²) in [5, 5.41) is 14.2. The molecule has 0 saturated carbocycles. The maximum absolute atomic E-state index is 11.1. The van der Waals surface area contributed by atoms with Gasteiger partial charge in [0.2, 0.25) is 0 Å². The van der Waals surface area contributed by atoms with Gasteiger partial charge in [-0.1, -0.05) is 6.07 Å². The summed E-state index contributed by atoms with van der Waals surface area (Å²) in [7, 11) is 0. The van der Waals surface area contributed by atoms with Crippen LogP contribution in [-0.2, 0) is 16.1 Å². The summed E-state index contributed by atoms with van der Waals surface area (Å²) < 4.78 is 5.41. The van der Waals surface area contributed by atoms with Gasteiger partial charge in [-0.3, -0.25) is 10.1 Å². The molecule has 2 N–H and O–H groups in total. The van der Waals surface area contributed by atoms with Crippen LogP contribution in [0.15, 0.2) is 17.5 Å². The first-order valence-corrected chi connectivity index (χ1v) is 6.25. The molecule has 1 fully saturated rings. The van der Waals surface area contributed by atoms with E-state index in [1.54, 1.807) is 11.3 Å². The fourth-order valence-electron chi connectivity index (χ4n) is 1.87. The maximum atomic E-state index is 11.1. The van der Waals surface area contributed by atoms with Crippen LogP contribution in [0.1, 0.15) is 17.7 Å². The molecule has 0 bridgehead atoms. The van der Waals surface area contributed by atoms with Crippen LogP contribution in [-0.4, -0.2) is 29.8 Å². The summed E-state index contributed by atoms with van der Waals surface area (Å²) in [5.74, 6) is -0.830. The Kier molecular flexibility index (Phi) is 3.93. The van der Waals surface area contributed by atoms with Crippen LogP contribution in [0.4, 0.5) is 0 Å². The zero-order chi connectivity index (χ0) is 11.4. The monoisotopic (exact) mass is 241 g/mol. The van der Waals surface area contributed by atoms with Gasteiger partial charge in [0.25, 0.3) is 0 Å². The number of aliphatic carboxylic acids is 1. The first-order chi connectivity index (χ1) is 7.77. The summed E-state index contributed by atoms with van der Waals surface area (Å²) in [6.07, 6.45) is 1.60. The first kappa shape index (κ1) is 11.6. The second-order valence-electron chi connectivity index (χ2n) is 3.83. The van der Waals surface area contributed by atoms with Crippen molar-refractivity contribution in [1.82, 2.24) is 5.32 Å². The van der Waals surface area contributed by atoms with Crippen molar-refractivity contribution in [3.63, 3.8) is 0 Å². The van der Waals surface area contributed by atoms with Gasteiger partial charge in [0, 0.05) is 18.0 Å². The van der Waals surface area contributed by atoms with Crippen LogP contribution in [0.25, 0.3) is 0 Å². The Hall–Kier alpha value is -0.910. The highest BCUT2D eigenvalue weighted by Crippen LogP contribution is 2.17. The van der Waals surface area contributed by atoms with Gasteiger partial charge in [-0.15, -0.1) is 11.3 Å². The molecule has 2 unspecified atom stereocenters. The Labute approximate surface area is 98.2 Å². The molecule has 5 heteroatoms. The minimum Gasteiger partial charge on any atom is -0.480 e. The Morgan fingerprint density at radius 3 is 3.19 bits per heavy atom. The molecule has 0 spiro atoms. The summed E-state index contributed by atoms with van der Waals surface area (Å²) in [4.78, 5) is 12.2. The van der Waals surface area contributed by atoms with E-state index >= 15 is 0 Å². The minimum atomic E-state index is -0.830. The number of ether oxygens (including phenoxy) is 1. The summed E-state index contributed by atoms with van der Waals surface area (Å²) in [6.45, 7) is 1.27. The topological polar surface area (TPSA) is 58.6 Å². The molecule has 0 aliphatic carbocycles. The van der Waals surface area contributed by atoms with Crippen LogP contribution < -0.4 is 5.32 Å². The normalized spacial score (nSPS) is 22.1. The average molecular weight is 241 g/mol. The molecule has 1 aliphatic rings. The maximum Gasteiger partial charge on any atom is 0.323 e. The van der Waals surface area contributed by atoms with E-state index in [9.17, 15) is 4.79 Å². The molecule has 2 rings (SSSR count). The predicted molar refractivity (Wildman–Crippen MR) is 61.6 cm³/mol. The number of hydrogen-bond donors (Lipinski definition) is 2. The summed E-state index contributed by atoms with van der Waals surface area (Å²) in [6, 6.07) is 3.36. The number of carbonyl (C=O) groups is 1. The number of rotatable bonds is 5. The van der Waals surface area contributed by atoms with Crippen LogP contribution in [0.3, 0.4) is 0 Å². The Morgan fingerprint density at radius 1 is 1.75 bits per heavy atom. The minimum absolute atomic E-state index is 0.183. The molecule has 0 aromatic carbocycles. The standard InChI is InChI=1S/C11H15NO3S/c13-11(14)10(9-4-1-5-15-9)12-7-8-3-2-6-16-8/h2-3,6,9-10,12H,1,4-5,7H2,(H,13,14). The van der Waals surface area contributed by atoms with Gasteiger partial charge in [-0.25, -0.2) is 0 Å². The number of carboxylic acid groups (broad SMARTS) is 1. The van der Waals surface area contributed by atoms with Gasteiger partial charge in [0.05, 0.1) is 6.10 Å². The first-order valence-electron chi connectivity index (χ1n) is 5.37. The molecule has 88 valence electrons. The van der Waals surface area contributed by atoms with Crippen LogP contribution in [0.2, 0.25) is 0 Å². The molecule has 2 atom stereocenters. The molecule has 16 heavy (non-hydrogen) atoms. The lowest BCUT2D eigenvalue weighted by molar-refractivity contribution is -0.142. The molecule has 1 aromatic heterocycles. The third-order valence-corrected chi connectivity index (χ3v) is 3.56. The molecule has 1 aromatic rings. The zero-order valence-electron chi connectivity index (χ0n) is 8.89. The number of nitrogens with one attached hydrogen (secondary N) is 1. The van der Waals surface area contributed by atoms with Gasteiger partial charge < -0.3 is 9.84 Å². The summed E-state index contributed by atoms with van der Waals surface area (Å²) in [5.41, 5.74) is 0. The smallest absolute Gasteiger partial charge is 0.323 e.